The Bertz CT molecular complexity index is 571. The molecule has 0 fully saturated rings. The third-order valence-corrected chi connectivity index (χ3v) is 3.37. The standard InChI is InChI=1S/C16H22N2O4/c1-11(14(20)16(2,3)15(17)21)7-5-4-6-8-12(19)13-9-18-10-22-13/h4-10,12,14,19-20H,1-3H3,(H2,17,21)/b5-4+,8-6+,11-7+/t12-,14-/m0/s1. The van der Waals surface area contributed by atoms with Gasteiger partial charge in [0.25, 0.3) is 0 Å². The van der Waals surface area contributed by atoms with E-state index in [-0.39, 0.29) is 0 Å². The first-order chi connectivity index (χ1) is 10.3. The van der Waals surface area contributed by atoms with Crippen LogP contribution in [0.15, 0.2) is 53.0 Å². The number of amides is 1. The van der Waals surface area contributed by atoms with E-state index in [0.717, 1.165) is 0 Å². The summed E-state index contributed by atoms with van der Waals surface area (Å²) in [6.45, 7) is 4.90. The van der Waals surface area contributed by atoms with Crippen LogP contribution in [0.4, 0.5) is 0 Å². The van der Waals surface area contributed by atoms with Gasteiger partial charge in [0.2, 0.25) is 5.91 Å². The Morgan fingerprint density at radius 2 is 2.05 bits per heavy atom. The lowest BCUT2D eigenvalue weighted by Gasteiger charge is -2.27. The van der Waals surface area contributed by atoms with Crippen LogP contribution in [0.25, 0.3) is 0 Å². The molecule has 1 aromatic rings. The number of nitrogens with zero attached hydrogens (tertiary/aromatic N) is 1. The molecular formula is C16H22N2O4. The number of carbonyl (C=O) groups excluding carboxylic acids is 1. The number of hydrogen-bond donors (Lipinski definition) is 3. The van der Waals surface area contributed by atoms with E-state index in [0.29, 0.717) is 11.3 Å². The van der Waals surface area contributed by atoms with Crippen molar-refractivity contribution in [2.45, 2.75) is 33.0 Å². The molecule has 1 aromatic heterocycles. The SMILES string of the molecule is C\C(=C/C=C/C=C/[C@H](O)c1cnco1)[C@H](O)C(C)(C)C(N)=O. The van der Waals surface area contributed by atoms with Gasteiger partial charge in [0.05, 0.1) is 17.7 Å². The van der Waals surface area contributed by atoms with Gasteiger partial charge in [-0.1, -0.05) is 24.3 Å². The fourth-order valence-corrected chi connectivity index (χ4v) is 1.70. The number of primary amides is 1. The molecule has 0 unspecified atom stereocenters. The lowest BCUT2D eigenvalue weighted by Crippen LogP contribution is -2.42. The van der Waals surface area contributed by atoms with Crippen LogP contribution in [-0.2, 0) is 4.79 Å². The van der Waals surface area contributed by atoms with Crippen molar-refractivity contribution in [2.24, 2.45) is 11.1 Å². The quantitative estimate of drug-likeness (QED) is 0.663. The first-order valence-corrected chi connectivity index (χ1v) is 6.83. The Morgan fingerprint density at radius 1 is 1.36 bits per heavy atom. The Morgan fingerprint density at radius 3 is 2.59 bits per heavy atom. The smallest absolute Gasteiger partial charge is 0.226 e. The molecule has 1 amide bonds. The average molecular weight is 306 g/mol. The zero-order valence-electron chi connectivity index (χ0n) is 12.9. The molecular weight excluding hydrogens is 284 g/mol. The average Bonchev–Trinajstić information content (AvgIpc) is 2.99. The molecule has 22 heavy (non-hydrogen) atoms. The summed E-state index contributed by atoms with van der Waals surface area (Å²) in [6.07, 6.45) is 9.09. The van der Waals surface area contributed by atoms with E-state index in [1.54, 1.807) is 45.1 Å². The summed E-state index contributed by atoms with van der Waals surface area (Å²) >= 11 is 0. The molecule has 4 N–H and O–H groups in total. The van der Waals surface area contributed by atoms with Crippen molar-refractivity contribution in [2.75, 3.05) is 0 Å². The minimum atomic E-state index is -1.03. The van der Waals surface area contributed by atoms with Gasteiger partial charge in [-0.25, -0.2) is 4.98 Å². The van der Waals surface area contributed by atoms with Crippen molar-refractivity contribution < 1.29 is 19.4 Å². The van der Waals surface area contributed by atoms with Crippen LogP contribution < -0.4 is 5.73 Å². The molecule has 1 rings (SSSR count). The monoisotopic (exact) mass is 306 g/mol. The summed E-state index contributed by atoms with van der Waals surface area (Å²) in [5.41, 5.74) is 4.85. The second-order valence-electron chi connectivity index (χ2n) is 5.52. The first-order valence-electron chi connectivity index (χ1n) is 6.83. The lowest BCUT2D eigenvalue weighted by atomic mass is 9.82. The maximum atomic E-state index is 11.3. The molecule has 0 spiro atoms. The van der Waals surface area contributed by atoms with Gasteiger partial charge in [-0.2, -0.15) is 0 Å². The summed E-state index contributed by atoms with van der Waals surface area (Å²) in [5, 5.41) is 19.8. The highest BCUT2D eigenvalue weighted by atomic mass is 16.4. The van der Waals surface area contributed by atoms with Gasteiger partial charge in [0.15, 0.2) is 12.2 Å². The summed E-state index contributed by atoms with van der Waals surface area (Å²) < 4.78 is 4.96. The molecule has 0 bridgehead atoms. The maximum Gasteiger partial charge on any atom is 0.226 e. The molecule has 2 atom stereocenters. The van der Waals surface area contributed by atoms with E-state index < -0.39 is 23.5 Å². The van der Waals surface area contributed by atoms with E-state index >= 15 is 0 Å². The molecule has 1 heterocycles. The van der Waals surface area contributed by atoms with Crippen LogP contribution in [0.2, 0.25) is 0 Å². The van der Waals surface area contributed by atoms with Gasteiger partial charge < -0.3 is 20.4 Å². The fourth-order valence-electron chi connectivity index (χ4n) is 1.70. The minimum absolute atomic E-state index is 0.356. The summed E-state index contributed by atoms with van der Waals surface area (Å²) in [6, 6.07) is 0. The minimum Gasteiger partial charge on any atom is -0.445 e. The Kier molecular flexibility index (Phi) is 6.27. The second kappa shape index (κ2) is 7.72. The van der Waals surface area contributed by atoms with Gasteiger partial charge in [0.1, 0.15) is 6.10 Å². The Balaban J connectivity index is 2.61. The van der Waals surface area contributed by atoms with Crippen molar-refractivity contribution in [1.82, 2.24) is 4.98 Å². The van der Waals surface area contributed by atoms with Gasteiger partial charge >= 0.3 is 0 Å². The molecule has 6 heteroatoms. The van der Waals surface area contributed by atoms with Crippen molar-refractivity contribution in [3.8, 4) is 0 Å². The van der Waals surface area contributed by atoms with E-state index in [1.165, 1.54) is 18.7 Å². The number of hydrogen-bond acceptors (Lipinski definition) is 5. The van der Waals surface area contributed by atoms with E-state index in [2.05, 4.69) is 4.98 Å². The molecule has 0 saturated carbocycles. The third kappa shape index (κ3) is 4.68. The zero-order chi connectivity index (χ0) is 16.8. The second-order valence-corrected chi connectivity index (χ2v) is 5.52. The Hall–Kier alpha value is -2.18. The van der Waals surface area contributed by atoms with Crippen LogP contribution >= 0.6 is 0 Å². The molecule has 0 aliphatic carbocycles. The van der Waals surface area contributed by atoms with Crippen LogP contribution in [-0.4, -0.2) is 27.2 Å². The predicted octanol–water partition coefficient (Wildman–Crippen LogP) is 1.64. The Labute approximate surface area is 129 Å². The van der Waals surface area contributed by atoms with E-state index in [4.69, 9.17) is 10.2 Å². The first kappa shape index (κ1) is 17.9. The molecule has 0 aromatic carbocycles. The van der Waals surface area contributed by atoms with E-state index in [9.17, 15) is 15.0 Å². The van der Waals surface area contributed by atoms with Crippen LogP contribution in [0, 0.1) is 5.41 Å². The fraction of sp³-hybridized carbons (Fsp3) is 0.375. The molecule has 0 saturated heterocycles. The highest BCUT2D eigenvalue weighted by Crippen LogP contribution is 2.25. The van der Waals surface area contributed by atoms with Crippen molar-refractivity contribution >= 4 is 5.91 Å². The van der Waals surface area contributed by atoms with E-state index in [1.807, 2.05) is 0 Å². The largest absolute Gasteiger partial charge is 0.445 e. The molecule has 6 nitrogen and oxygen atoms in total. The van der Waals surface area contributed by atoms with Crippen LogP contribution in [0.5, 0.6) is 0 Å². The lowest BCUT2D eigenvalue weighted by molar-refractivity contribution is -0.130. The van der Waals surface area contributed by atoms with Crippen molar-refractivity contribution in [1.29, 1.82) is 0 Å². The number of aliphatic hydroxyl groups is 2. The predicted molar refractivity (Wildman–Crippen MR) is 82.5 cm³/mol. The normalized spacial score (nSPS) is 16.3. The summed E-state index contributed by atoms with van der Waals surface area (Å²) in [7, 11) is 0. The van der Waals surface area contributed by atoms with Crippen LogP contribution in [0.1, 0.15) is 32.6 Å². The van der Waals surface area contributed by atoms with Gasteiger partial charge in [0, 0.05) is 0 Å². The highest BCUT2D eigenvalue weighted by molar-refractivity contribution is 5.81. The third-order valence-electron chi connectivity index (χ3n) is 3.37. The summed E-state index contributed by atoms with van der Waals surface area (Å²) in [4.78, 5) is 15.0. The number of nitrogens with two attached hydrogens (primary N) is 1. The van der Waals surface area contributed by atoms with Crippen molar-refractivity contribution in [3.05, 3.63) is 54.3 Å². The van der Waals surface area contributed by atoms with Gasteiger partial charge in [-0.05, 0) is 32.4 Å². The number of oxazole rings is 1. The number of aromatic nitrogens is 1. The topological polar surface area (TPSA) is 110 Å². The highest BCUT2D eigenvalue weighted by Gasteiger charge is 2.34. The number of aliphatic hydroxyl groups excluding tert-OH is 2. The molecule has 120 valence electrons. The molecule has 0 aliphatic heterocycles. The van der Waals surface area contributed by atoms with Crippen molar-refractivity contribution in [3.63, 3.8) is 0 Å². The maximum absolute atomic E-state index is 11.3. The number of carbonyl (C=O) groups is 1. The van der Waals surface area contributed by atoms with Gasteiger partial charge in [-0.3, -0.25) is 4.79 Å². The van der Waals surface area contributed by atoms with Crippen LogP contribution in [0.3, 0.4) is 0 Å². The number of rotatable bonds is 7. The van der Waals surface area contributed by atoms with Gasteiger partial charge in [-0.15, -0.1) is 0 Å². The molecule has 0 radical (unpaired) electrons. The molecule has 0 aliphatic rings. The number of allylic oxidation sites excluding steroid dienone is 4. The summed E-state index contributed by atoms with van der Waals surface area (Å²) in [5.74, 6) is -0.207. The zero-order valence-corrected chi connectivity index (χ0v) is 12.9.